The number of para-hydroxylation sites is 2. The average molecular weight is 392 g/mol. The summed E-state index contributed by atoms with van der Waals surface area (Å²) in [5.41, 5.74) is 1.60. The van der Waals surface area contributed by atoms with Crippen LogP contribution >= 0.6 is 11.8 Å². The van der Waals surface area contributed by atoms with Gasteiger partial charge in [-0.1, -0.05) is 48.9 Å². The molecule has 0 bridgehead atoms. The summed E-state index contributed by atoms with van der Waals surface area (Å²) in [5, 5.41) is 0. The molecule has 3 amide bonds. The molecular weight excluding hydrogens is 372 g/mol. The van der Waals surface area contributed by atoms with E-state index in [0.29, 0.717) is 0 Å². The molecule has 2 atom stereocenters. The average Bonchev–Trinajstić information content (AvgIpc) is 2.97. The summed E-state index contributed by atoms with van der Waals surface area (Å²) in [4.78, 5) is 43.8. The number of hydrogen-bond donors (Lipinski definition) is 0. The maximum Gasteiger partial charge on any atom is 0.251 e. The van der Waals surface area contributed by atoms with Crippen LogP contribution in [-0.2, 0) is 14.4 Å². The summed E-state index contributed by atoms with van der Waals surface area (Å²) in [6.45, 7) is -0.196. The Kier molecular flexibility index (Phi) is 4.23. The van der Waals surface area contributed by atoms with Crippen molar-refractivity contribution >= 4 is 40.9 Å². The SMILES string of the molecule is O=C1[C@H]2CCCC[C@H]2C(=O)N1CC(=O)N1c2ccccc2Sc2ccccc21. The summed E-state index contributed by atoms with van der Waals surface area (Å²) < 4.78 is 0. The van der Waals surface area contributed by atoms with Gasteiger partial charge in [0.25, 0.3) is 5.91 Å². The minimum absolute atomic E-state index is 0.170. The van der Waals surface area contributed by atoms with Gasteiger partial charge in [-0.15, -0.1) is 0 Å². The number of amides is 3. The van der Waals surface area contributed by atoms with Crippen LogP contribution in [-0.4, -0.2) is 29.2 Å². The minimum Gasteiger partial charge on any atom is -0.277 e. The maximum absolute atomic E-state index is 13.3. The molecule has 2 aliphatic heterocycles. The highest BCUT2D eigenvalue weighted by atomic mass is 32.2. The number of likely N-dealkylation sites (tertiary alicyclic amines) is 1. The molecule has 5 rings (SSSR count). The number of anilines is 2. The highest BCUT2D eigenvalue weighted by molar-refractivity contribution is 7.99. The molecule has 28 heavy (non-hydrogen) atoms. The third-order valence-electron chi connectivity index (χ3n) is 5.91. The van der Waals surface area contributed by atoms with Gasteiger partial charge in [-0.05, 0) is 37.1 Å². The summed E-state index contributed by atoms with van der Waals surface area (Å²) in [7, 11) is 0. The Morgan fingerprint density at radius 2 is 1.36 bits per heavy atom. The maximum atomic E-state index is 13.3. The Hall–Kier alpha value is -2.60. The van der Waals surface area contributed by atoms with Gasteiger partial charge in [-0.3, -0.25) is 24.2 Å². The van der Waals surface area contributed by atoms with Crippen molar-refractivity contribution in [2.24, 2.45) is 11.8 Å². The number of carbonyl (C=O) groups excluding carboxylic acids is 3. The van der Waals surface area contributed by atoms with Crippen LogP contribution in [0.5, 0.6) is 0 Å². The van der Waals surface area contributed by atoms with Crippen molar-refractivity contribution in [1.29, 1.82) is 0 Å². The van der Waals surface area contributed by atoms with E-state index in [1.54, 1.807) is 16.7 Å². The van der Waals surface area contributed by atoms with Crippen molar-refractivity contribution < 1.29 is 14.4 Å². The largest absolute Gasteiger partial charge is 0.277 e. The van der Waals surface area contributed by atoms with Crippen LogP contribution in [0.4, 0.5) is 11.4 Å². The van der Waals surface area contributed by atoms with Crippen LogP contribution in [0, 0.1) is 11.8 Å². The zero-order valence-electron chi connectivity index (χ0n) is 15.3. The lowest BCUT2D eigenvalue weighted by molar-refractivity contribution is -0.143. The molecule has 5 nitrogen and oxygen atoms in total. The Morgan fingerprint density at radius 3 is 1.89 bits per heavy atom. The lowest BCUT2D eigenvalue weighted by Gasteiger charge is -2.32. The second kappa shape index (κ2) is 6.78. The highest BCUT2D eigenvalue weighted by Gasteiger charge is 2.49. The number of carbonyl (C=O) groups is 3. The molecule has 2 aromatic carbocycles. The van der Waals surface area contributed by atoms with Gasteiger partial charge in [0.05, 0.1) is 23.2 Å². The molecule has 2 aromatic rings. The fourth-order valence-electron chi connectivity index (χ4n) is 4.57. The summed E-state index contributed by atoms with van der Waals surface area (Å²) >= 11 is 1.62. The predicted molar refractivity (Wildman–Crippen MR) is 106 cm³/mol. The second-order valence-corrected chi connectivity index (χ2v) is 8.61. The molecule has 6 heteroatoms. The van der Waals surface area contributed by atoms with E-state index in [1.165, 1.54) is 4.90 Å². The first kappa shape index (κ1) is 17.5. The lowest BCUT2D eigenvalue weighted by Crippen LogP contribution is -2.42. The zero-order valence-corrected chi connectivity index (χ0v) is 16.2. The van der Waals surface area contributed by atoms with Gasteiger partial charge in [0.1, 0.15) is 6.54 Å². The molecule has 2 fully saturated rings. The van der Waals surface area contributed by atoms with Crippen LogP contribution in [0.15, 0.2) is 58.3 Å². The minimum atomic E-state index is -0.249. The zero-order chi connectivity index (χ0) is 19.3. The van der Waals surface area contributed by atoms with Crippen molar-refractivity contribution in [2.75, 3.05) is 11.4 Å². The molecule has 0 unspecified atom stereocenters. The Bertz CT molecular complexity index is 920. The molecule has 0 spiro atoms. The van der Waals surface area contributed by atoms with Gasteiger partial charge in [0.15, 0.2) is 0 Å². The normalized spacial score (nSPS) is 23.3. The number of hydrogen-bond acceptors (Lipinski definition) is 4. The van der Waals surface area contributed by atoms with E-state index in [1.807, 2.05) is 48.5 Å². The summed E-state index contributed by atoms with van der Waals surface area (Å²) in [6.07, 6.45) is 3.47. The van der Waals surface area contributed by atoms with E-state index in [4.69, 9.17) is 0 Å². The predicted octanol–water partition coefficient (Wildman–Crippen LogP) is 3.99. The van der Waals surface area contributed by atoms with E-state index in [0.717, 1.165) is 46.8 Å². The quantitative estimate of drug-likeness (QED) is 0.725. The monoisotopic (exact) mass is 392 g/mol. The van der Waals surface area contributed by atoms with Gasteiger partial charge >= 0.3 is 0 Å². The van der Waals surface area contributed by atoms with Crippen molar-refractivity contribution in [1.82, 2.24) is 4.90 Å². The first-order valence-electron chi connectivity index (χ1n) is 9.69. The van der Waals surface area contributed by atoms with Crippen molar-refractivity contribution in [3.63, 3.8) is 0 Å². The lowest BCUT2D eigenvalue weighted by atomic mass is 9.81. The Morgan fingerprint density at radius 1 is 0.857 bits per heavy atom. The van der Waals surface area contributed by atoms with E-state index >= 15 is 0 Å². The van der Waals surface area contributed by atoms with Gasteiger partial charge in [0, 0.05) is 9.79 Å². The second-order valence-electron chi connectivity index (χ2n) is 7.53. The molecule has 1 aliphatic carbocycles. The first-order valence-corrected chi connectivity index (χ1v) is 10.5. The van der Waals surface area contributed by atoms with Gasteiger partial charge < -0.3 is 0 Å². The van der Waals surface area contributed by atoms with Gasteiger partial charge in [-0.2, -0.15) is 0 Å². The van der Waals surface area contributed by atoms with E-state index in [-0.39, 0.29) is 36.1 Å². The van der Waals surface area contributed by atoms with E-state index in [2.05, 4.69) is 0 Å². The van der Waals surface area contributed by atoms with E-state index in [9.17, 15) is 14.4 Å². The van der Waals surface area contributed by atoms with Crippen LogP contribution in [0.3, 0.4) is 0 Å². The molecule has 3 aliphatic rings. The van der Waals surface area contributed by atoms with Crippen LogP contribution < -0.4 is 4.90 Å². The van der Waals surface area contributed by atoms with E-state index < -0.39 is 0 Å². The molecule has 2 heterocycles. The topological polar surface area (TPSA) is 57.7 Å². The number of imide groups is 1. The Labute approximate surface area is 167 Å². The van der Waals surface area contributed by atoms with Gasteiger partial charge in [-0.25, -0.2) is 0 Å². The molecule has 0 N–H and O–H groups in total. The third kappa shape index (κ3) is 2.66. The number of fused-ring (bicyclic) bond motifs is 3. The van der Waals surface area contributed by atoms with Gasteiger partial charge in [0.2, 0.25) is 11.8 Å². The molecule has 142 valence electrons. The number of nitrogens with zero attached hydrogens (tertiary/aromatic N) is 2. The number of rotatable bonds is 2. The van der Waals surface area contributed by atoms with Crippen molar-refractivity contribution in [3.05, 3.63) is 48.5 Å². The molecular formula is C22H20N2O3S. The standard InChI is InChI=1S/C22H20N2O3S/c25-20(13-23-21(26)14-7-1-2-8-15(14)22(23)27)24-16-9-3-5-11-18(16)28-19-12-6-4-10-17(19)24/h3-6,9-12,14-15H,1-2,7-8,13H2/t14-,15+. The molecule has 1 saturated heterocycles. The van der Waals surface area contributed by atoms with Crippen LogP contribution in [0.2, 0.25) is 0 Å². The fourth-order valence-corrected chi connectivity index (χ4v) is 5.62. The first-order chi connectivity index (χ1) is 13.6. The highest BCUT2D eigenvalue weighted by Crippen LogP contribution is 2.48. The summed E-state index contributed by atoms with van der Waals surface area (Å²) in [6, 6.07) is 15.5. The molecule has 0 aromatic heterocycles. The van der Waals surface area contributed by atoms with Crippen LogP contribution in [0.25, 0.3) is 0 Å². The third-order valence-corrected chi connectivity index (χ3v) is 7.04. The van der Waals surface area contributed by atoms with Crippen LogP contribution in [0.1, 0.15) is 25.7 Å². The summed E-state index contributed by atoms with van der Waals surface area (Å²) in [5.74, 6) is -1.05. The molecule has 0 radical (unpaired) electrons. The fraction of sp³-hybridized carbons (Fsp3) is 0.318. The number of benzene rings is 2. The van der Waals surface area contributed by atoms with Crippen molar-refractivity contribution in [2.45, 2.75) is 35.5 Å². The molecule has 1 saturated carbocycles. The smallest absolute Gasteiger partial charge is 0.251 e. The van der Waals surface area contributed by atoms with Crippen molar-refractivity contribution in [3.8, 4) is 0 Å². The Balaban J connectivity index is 1.48.